The molecule has 0 saturated carbocycles. The fourth-order valence-corrected chi connectivity index (χ4v) is 3.35. The Balaban J connectivity index is 1.55. The van der Waals surface area contributed by atoms with E-state index >= 15 is 0 Å². The molecule has 1 aliphatic heterocycles. The first-order chi connectivity index (χ1) is 14.5. The molecule has 6 nitrogen and oxygen atoms in total. The third-order valence-electron chi connectivity index (χ3n) is 5.19. The average Bonchev–Trinajstić information content (AvgIpc) is 2.76. The van der Waals surface area contributed by atoms with Crippen molar-refractivity contribution in [2.24, 2.45) is 5.10 Å². The minimum Gasteiger partial charge on any atom is -0.484 e. The number of hydrogen-bond donors (Lipinski definition) is 2. The number of quaternary nitrogens is 1. The van der Waals surface area contributed by atoms with Crippen molar-refractivity contribution in [2.75, 3.05) is 44.2 Å². The molecule has 30 heavy (non-hydrogen) atoms. The van der Waals surface area contributed by atoms with Gasteiger partial charge in [-0.1, -0.05) is 12.1 Å². The first kappa shape index (κ1) is 21.7. The lowest BCUT2D eigenvalue weighted by Crippen LogP contribution is -3.14. The van der Waals surface area contributed by atoms with Gasteiger partial charge >= 0.3 is 0 Å². The molecule has 0 bridgehead atoms. The van der Waals surface area contributed by atoms with Crippen LogP contribution in [0.5, 0.6) is 5.75 Å². The zero-order valence-corrected chi connectivity index (χ0v) is 17.3. The van der Waals surface area contributed by atoms with Crippen molar-refractivity contribution in [3.8, 4) is 5.75 Å². The Morgan fingerprint density at radius 1 is 1.20 bits per heavy atom. The number of rotatable bonds is 7. The van der Waals surface area contributed by atoms with Crippen molar-refractivity contribution in [1.29, 1.82) is 0 Å². The Kier molecular flexibility index (Phi) is 7.35. The van der Waals surface area contributed by atoms with Gasteiger partial charge in [0, 0.05) is 11.6 Å². The number of nitrogens with zero attached hydrogens (tertiary/aromatic N) is 2. The highest BCUT2D eigenvalue weighted by molar-refractivity contribution is 5.99. The molecule has 0 radical (unpaired) electrons. The fourth-order valence-electron chi connectivity index (χ4n) is 3.35. The van der Waals surface area contributed by atoms with Gasteiger partial charge in [0.2, 0.25) is 0 Å². The van der Waals surface area contributed by atoms with Crippen molar-refractivity contribution >= 4 is 17.3 Å². The molecule has 1 amide bonds. The van der Waals surface area contributed by atoms with Crippen LogP contribution in [0.15, 0.2) is 47.6 Å². The molecule has 1 fully saturated rings. The van der Waals surface area contributed by atoms with Crippen LogP contribution >= 0.6 is 0 Å². The van der Waals surface area contributed by atoms with Crippen LogP contribution in [0.25, 0.3) is 0 Å². The van der Waals surface area contributed by atoms with Gasteiger partial charge in [-0.05, 0) is 38.1 Å². The molecular formula is C22H27F2N4O2+. The summed E-state index contributed by atoms with van der Waals surface area (Å²) >= 11 is 0. The van der Waals surface area contributed by atoms with Gasteiger partial charge in [0.15, 0.2) is 6.61 Å². The van der Waals surface area contributed by atoms with Crippen LogP contribution in [0.1, 0.15) is 19.4 Å². The monoisotopic (exact) mass is 417 g/mol. The highest BCUT2D eigenvalue weighted by atomic mass is 19.1. The van der Waals surface area contributed by atoms with Crippen LogP contribution in [-0.2, 0) is 4.79 Å². The van der Waals surface area contributed by atoms with E-state index in [1.165, 1.54) is 29.2 Å². The standard InChI is InChI=1S/C22H26F2N4O2/c1-3-27-9-11-28(12-10-27)21-8-7-17(13-20(21)24)16(2)25-26-22(29)15-30-19-6-4-5-18(23)14-19/h4-8,13-14H,3,9-12,15H2,1-2H3,(H,26,29)/p+1/b25-16-. The van der Waals surface area contributed by atoms with Crippen LogP contribution in [-0.4, -0.2) is 50.9 Å². The molecule has 1 aliphatic rings. The van der Waals surface area contributed by atoms with E-state index in [2.05, 4.69) is 22.4 Å². The molecule has 0 atom stereocenters. The summed E-state index contributed by atoms with van der Waals surface area (Å²) in [5, 5.41) is 4.01. The summed E-state index contributed by atoms with van der Waals surface area (Å²) in [5.74, 6) is -0.986. The van der Waals surface area contributed by atoms with Gasteiger partial charge < -0.3 is 14.5 Å². The molecule has 3 rings (SSSR count). The van der Waals surface area contributed by atoms with Crippen LogP contribution in [0.4, 0.5) is 14.5 Å². The number of nitrogens with one attached hydrogen (secondary N) is 2. The zero-order chi connectivity index (χ0) is 21.5. The average molecular weight is 417 g/mol. The highest BCUT2D eigenvalue weighted by Gasteiger charge is 2.21. The number of piperazine rings is 1. The number of carbonyl (C=O) groups excluding carboxylic acids is 1. The summed E-state index contributed by atoms with van der Waals surface area (Å²) < 4.78 is 33.0. The molecule has 1 heterocycles. The maximum Gasteiger partial charge on any atom is 0.277 e. The fraction of sp³-hybridized carbons (Fsp3) is 0.364. The Hall–Kier alpha value is -3.00. The van der Waals surface area contributed by atoms with Gasteiger partial charge in [-0.3, -0.25) is 4.79 Å². The Morgan fingerprint density at radius 2 is 1.97 bits per heavy atom. The van der Waals surface area contributed by atoms with Crippen molar-refractivity contribution in [1.82, 2.24) is 5.43 Å². The van der Waals surface area contributed by atoms with Crippen molar-refractivity contribution in [3.63, 3.8) is 0 Å². The van der Waals surface area contributed by atoms with Crippen molar-refractivity contribution in [2.45, 2.75) is 13.8 Å². The summed E-state index contributed by atoms with van der Waals surface area (Å²) in [5.41, 5.74) is 4.02. The number of carbonyl (C=O) groups is 1. The number of anilines is 1. The van der Waals surface area contributed by atoms with E-state index in [0.29, 0.717) is 17.0 Å². The SMILES string of the molecule is CC[NH+]1CCN(c2ccc(/C(C)=N\NC(=O)COc3cccc(F)c3)cc2F)CC1. The molecule has 0 aliphatic carbocycles. The number of amides is 1. The van der Waals surface area contributed by atoms with Gasteiger partial charge in [0.25, 0.3) is 5.91 Å². The summed E-state index contributed by atoms with van der Waals surface area (Å²) in [6.07, 6.45) is 0. The Morgan fingerprint density at radius 3 is 2.63 bits per heavy atom. The van der Waals surface area contributed by atoms with Gasteiger partial charge in [-0.25, -0.2) is 14.2 Å². The molecule has 2 aromatic carbocycles. The quantitative estimate of drug-likeness (QED) is 0.532. The predicted molar refractivity (Wildman–Crippen MR) is 112 cm³/mol. The van der Waals surface area contributed by atoms with Crippen LogP contribution < -0.4 is 20.0 Å². The number of halogens is 2. The maximum atomic E-state index is 14.7. The Bertz CT molecular complexity index is 912. The lowest BCUT2D eigenvalue weighted by Gasteiger charge is -2.33. The first-order valence-corrected chi connectivity index (χ1v) is 10.1. The second kappa shape index (κ2) is 10.2. The summed E-state index contributed by atoms with van der Waals surface area (Å²) in [6, 6.07) is 10.5. The second-order valence-corrected chi connectivity index (χ2v) is 7.24. The molecule has 2 aromatic rings. The largest absolute Gasteiger partial charge is 0.484 e. The van der Waals surface area contributed by atoms with E-state index in [1.54, 1.807) is 25.1 Å². The minimum absolute atomic E-state index is 0.255. The van der Waals surface area contributed by atoms with Crippen LogP contribution in [0.2, 0.25) is 0 Å². The number of likely N-dealkylation sites (N-methyl/N-ethyl adjacent to an activating group) is 1. The molecule has 8 heteroatoms. The lowest BCUT2D eigenvalue weighted by atomic mass is 10.1. The minimum atomic E-state index is -0.494. The molecule has 2 N–H and O–H groups in total. The van der Waals surface area contributed by atoms with E-state index in [9.17, 15) is 13.6 Å². The lowest BCUT2D eigenvalue weighted by molar-refractivity contribution is -0.898. The molecule has 0 unspecified atom stereocenters. The summed E-state index contributed by atoms with van der Waals surface area (Å²) in [6.45, 7) is 8.29. The summed E-state index contributed by atoms with van der Waals surface area (Å²) in [7, 11) is 0. The Labute approximate surface area is 175 Å². The van der Waals surface area contributed by atoms with Gasteiger partial charge in [-0.2, -0.15) is 5.10 Å². The topological polar surface area (TPSA) is 58.4 Å². The van der Waals surface area contributed by atoms with Crippen molar-refractivity contribution < 1.29 is 23.2 Å². The first-order valence-electron chi connectivity index (χ1n) is 10.1. The maximum absolute atomic E-state index is 14.7. The van der Waals surface area contributed by atoms with Gasteiger partial charge in [0.1, 0.15) is 17.4 Å². The van der Waals surface area contributed by atoms with Gasteiger partial charge in [0.05, 0.1) is 44.1 Å². The van der Waals surface area contributed by atoms with Crippen LogP contribution in [0.3, 0.4) is 0 Å². The van der Waals surface area contributed by atoms with E-state index in [0.717, 1.165) is 32.7 Å². The number of ether oxygens (including phenoxy) is 1. The normalized spacial score (nSPS) is 15.2. The molecule has 0 spiro atoms. The third kappa shape index (κ3) is 5.76. The highest BCUT2D eigenvalue weighted by Crippen LogP contribution is 2.21. The number of hydrazone groups is 1. The number of hydrogen-bond acceptors (Lipinski definition) is 4. The van der Waals surface area contributed by atoms with Crippen LogP contribution in [0, 0.1) is 11.6 Å². The molecule has 0 aromatic heterocycles. The van der Waals surface area contributed by atoms with Crippen molar-refractivity contribution in [3.05, 3.63) is 59.7 Å². The third-order valence-corrected chi connectivity index (χ3v) is 5.19. The second-order valence-electron chi connectivity index (χ2n) is 7.24. The number of benzene rings is 2. The molecular weight excluding hydrogens is 390 g/mol. The van der Waals surface area contributed by atoms with E-state index in [1.807, 2.05) is 0 Å². The van der Waals surface area contributed by atoms with E-state index < -0.39 is 11.7 Å². The van der Waals surface area contributed by atoms with E-state index in [4.69, 9.17) is 4.74 Å². The smallest absolute Gasteiger partial charge is 0.277 e. The molecule has 160 valence electrons. The molecule has 1 saturated heterocycles. The predicted octanol–water partition coefficient (Wildman–Crippen LogP) is 1.61. The zero-order valence-electron chi connectivity index (χ0n) is 17.3. The van der Waals surface area contributed by atoms with E-state index in [-0.39, 0.29) is 18.2 Å². The van der Waals surface area contributed by atoms with Gasteiger partial charge in [-0.15, -0.1) is 0 Å². The summed E-state index contributed by atoms with van der Waals surface area (Å²) in [4.78, 5) is 15.5.